The van der Waals surface area contributed by atoms with E-state index in [1.807, 2.05) is 12.1 Å². The van der Waals surface area contributed by atoms with Crippen LogP contribution in [-0.4, -0.2) is 23.2 Å². The first-order chi connectivity index (χ1) is 9.74. The highest BCUT2D eigenvalue weighted by molar-refractivity contribution is 7.80. The molecule has 3 rings (SSSR count). The summed E-state index contributed by atoms with van der Waals surface area (Å²) in [5, 5.41) is 8.18. The molecule has 1 fully saturated rings. The second kappa shape index (κ2) is 5.91. The molecule has 104 valence electrons. The molecule has 0 radical (unpaired) electrons. The van der Waals surface area contributed by atoms with Crippen LogP contribution in [0.5, 0.6) is 0 Å². The number of rotatable bonds is 2. The van der Waals surface area contributed by atoms with Gasteiger partial charge in [0.2, 0.25) is 0 Å². The molecule has 0 amide bonds. The summed E-state index contributed by atoms with van der Waals surface area (Å²) in [4.78, 5) is 2.10. The van der Waals surface area contributed by atoms with Crippen LogP contribution in [0.25, 0.3) is 0 Å². The van der Waals surface area contributed by atoms with Crippen molar-refractivity contribution < 1.29 is 4.74 Å². The van der Waals surface area contributed by atoms with Crippen LogP contribution in [0.3, 0.4) is 0 Å². The van der Waals surface area contributed by atoms with E-state index in [4.69, 9.17) is 17.0 Å². The predicted molar refractivity (Wildman–Crippen MR) is 87.1 cm³/mol. The summed E-state index contributed by atoms with van der Waals surface area (Å²) in [6.07, 6.45) is -0.0638. The summed E-state index contributed by atoms with van der Waals surface area (Å²) in [5.74, 6) is 0. The normalized spacial score (nSPS) is 18.2. The van der Waals surface area contributed by atoms with Crippen LogP contribution < -0.4 is 5.32 Å². The minimum atomic E-state index is -0.0638. The van der Waals surface area contributed by atoms with Crippen molar-refractivity contribution >= 4 is 34.4 Å². The Hall–Kier alpha value is -1.43. The van der Waals surface area contributed by atoms with Crippen molar-refractivity contribution in [2.24, 2.45) is 0 Å². The first-order valence-corrected chi connectivity index (χ1v) is 7.87. The van der Waals surface area contributed by atoms with Gasteiger partial charge in [-0.2, -0.15) is 11.3 Å². The fourth-order valence-corrected chi connectivity index (χ4v) is 3.26. The van der Waals surface area contributed by atoms with Crippen molar-refractivity contribution in [2.45, 2.75) is 13.2 Å². The number of hydrogen-bond donors (Lipinski definition) is 1. The molecule has 1 aromatic carbocycles. The minimum Gasteiger partial charge on any atom is -0.352 e. The van der Waals surface area contributed by atoms with Gasteiger partial charge in [-0.05, 0) is 53.7 Å². The topological polar surface area (TPSA) is 24.5 Å². The zero-order valence-electron chi connectivity index (χ0n) is 11.2. The zero-order chi connectivity index (χ0) is 13.9. The number of thiophene rings is 1. The number of benzene rings is 1. The maximum atomic E-state index is 5.80. The molecule has 20 heavy (non-hydrogen) atoms. The van der Waals surface area contributed by atoms with Crippen LogP contribution in [0.15, 0.2) is 41.1 Å². The van der Waals surface area contributed by atoms with Crippen LogP contribution in [0.2, 0.25) is 0 Å². The second-order valence-electron chi connectivity index (χ2n) is 4.77. The third kappa shape index (κ3) is 2.85. The van der Waals surface area contributed by atoms with E-state index in [0.29, 0.717) is 11.7 Å². The molecule has 0 saturated carbocycles. The van der Waals surface area contributed by atoms with Crippen LogP contribution >= 0.6 is 23.6 Å². The quantitative estimate of drug-likeness (QED) is 0.853. The van der Waals surface area contributed by atoms with Crippen molar-refractivity contribution in [3.8, 4) is 0 Å². The van der Waals surface area contributed by atoms with E-state index in [9.17, 15) is 0 Å². The Morgan fingerprint density at radius 1 is 1.45 bits per heavy atom. The number of nitrogens with zero attached hydrogens (tertiary/aromatic N) is 1. The Morgan fingerprint density at radius 3 is 3.10 bits per heavy atom. The van der Waals surface area contributed by atoms with E-state index in [0.717, 1.165) is 12.2 Å². The smallest absolute Gasteiger partial charge is 0.175 e. The summed E-state index contributed by atoms with van der Waals surface area (Å²) in [6, 6.07) is 10.3. The van der Waals surface area contributed by atoms with Crippen molar-refractivity contribution in [1.29, 1.82) is 0 Å². The molecule has 0 bridgehead atoms. The molecular weight excluding hydrogens is 288 g/mol. The van der Waals surface area contributed by atoms with Gasteiger partial charge in [-0.25, -0.2) is 0 Å². The van der Waals surface area contributed by atoms with Gasteiger partial charge in [-0.15, -0.1) is 0 Å². The largest absolute Gasteiger partial charge is 0.352 e. The van der Waals surface area contributed by atoms with Gasteiger partial charge in [0.25, 0.3) is 0 Å². The van der Waals surface area contributed by atoms with E-state index in [-0.39, 0.29) is 6.23 Å². The average molecular weight is 304 g/mol. The molecule has 3 nitrogen and oxygen atoms in total. The lowest BCUT2D eigenvalue weighted by atomic mass is 10.2. The van der Waals surface area contributed by atoms with Gasteiger partial charge in [0.15, 0.2) is 11.3 Å². The monoisotopic (exact) mass is 304 g/mol. The van der Waals surface area contributed by atoms with E-state index in [1.54, 1.807) is 11.3 Å². The minimum absolute atomic E-state index is 0.0638. The molecule has 2 aromatic rings. The standard InChI is InChI=1S/C15H16N2OS2/c1-11-3-2-4-13(9-11)16-15(19)17-6-7-18-14(17)12-5-8-20-10-12/h2-5,8-10,14H,6-7H2,1H3,(H,16,19). The van der Waals surface area contributed by atoms with Gasteiger partial charge in [0.1, 0.15) is 0 Å². The number of thiocarbonyl (C=S) groups is 1. The van der Waals surface area contributed by atoms with Crippen LogP contribution in [0.1, 0.15) is 17.4 Å². The summed E-state index contributed by atoms with van der Waals surface area (Å²) in [5.41, 5.74) is 3.40. The Kier molecular flexibility index (Phi) is 4.00. The molecule has 0 aliphatic carbocycles. The molecule has 1 aliphatic heterocycles. The van der Waals surface area contributed by atoms with E-state index in [2.05, 4.69) is 46.1 Å². The van der Waals surface area contributed by atoms with Gasteiger partial charge >= 0.3 is 0 Å². The fourth-order valence-electron chi connectivity index (χ4n) is 2.29. The third-order valence-electron chi connectivity index (χ3n) is 3.25. The number of anilines is 1. The molecular formula is C15H16N2OS2. The maximum absolute atomic E-state index is 5.80. The predicted octanol–water partition coefficient (Wildman–Crippen LogP) is 3.78. The Labute approximate surface area is 128 Å². The molecule has 0 spiro atoms. The van der Waals surface area contributed by atoms with Gasteiger partial charge in [0, 0.05) is 17.8 Å². The molecule has 5 heteroatoms. The second-order valence-corrected chi connectivity index (χ2v) is 5.94. The van der Waals surface area contributed by atoms with E-state index >= 15 is 0 Å². The Balaban J connectivity index is 1.73. The first kappa shape index (κ1) is 13.5. The van der Waals surface area contributed by atoms with Crippen LogP contribution in [0, 0.1) is 6.92 Å². The lowest BCUT2D eigenvalue weighted by molar-refractivity contribution is 0.0646. The zero-order valence-corrected chi connectivity index (χ0v) is 12.8. The van der Waals surface area contributed by atoms with Gasteiger partial charge < -0.3 is 15.0 Å². The Morgan fingerprint density at radius 2 is 2.35 bits per heavy atom. The molecule has 1 atom stereocenters. The van der Waals surface area contributed by atoms with E-state index < -0.39 is 0 Å². The van der Waals surface area contributed by atoms with Crippen molar-refractivity contribution in [3.63, 3.8) is 0 Å². The lowest BCUT2D eigenvalue weighted by Gasteiger charge is -2.25. The molecule has 2 heterocycles. The highest BCUT2D eigenvalue weighted by atomic mass is 32.1. The van der Waals surface area contributed by atoms with Gasteiger partial charge in [-0.1, -0.05) is 12.1 Å². The summed E-state index contributed by atoms with van der Waals surface area (Å²) in [6.45, 7) is 3.59. The van der Waals surface area contributed by atoms with E-state index in [1.165, 1.54) is 11.1 Å². The SMILES string of the molecule is Cc1cccc(NC(=S)N2CCOC2c2ccsc2)c1. The number of hydrogen-bond acceptors (Lipinski definition) is 3. The highest BCUT2D eigenvalue weighted by Gasteiger charge is 2.29. The van der Waals surface area contributed by atoms with Gasteiger partial charge in [-0.3, -0.25) is 0 Å². The number of aryl methyl sites for hydroxylation is 1. The summed E-state index contributed by atoms with van der Waals surface area (Å²) >= 11 is 7.20. The molecule has 1 unspecified atom stereocenters. The molecule has 1 N–H and O–H groups in total. The fraction of sp³-hybridized carbons (Fsp3) is 0.267. The highest BCUT2D eigenvalue weighted by Crippen LogP contribution is 2.29. The third-order valence-corrected chi connectivity index (χ3v) is 4.29. The van der Waals surface area contributed by atoms with Crippen LogP contribution in [0.4, 0.5) is 5.69 Å². The van der Waals surface area contributed by atoms with Crippen molar-refractivity contribution in [2.75, 3.05) is 18.5 Å². The van der Waals surface area contributed by atoms with Crippen molar-refractivity contribution in [1.82, 2.24) is 4.90 Å². The Bertz CT molecular complexity index is 598. The van der Waals surface area contributed by atoms with Crippen LogP contribution in [-0.2, 0) is 4.74 Å². The summed E-state index contributed by atoms with van der Waals surface area (Å²) in [7, 11) is 0. The number of ether oxygens (including phenoxy) is 1. The maximum Gasteiger partial charge on any atom is 0.175 e. The van der Waals surface area contributed by atoms with Gasteiger partial charge in [0.05, 0.1) is 6.61 Å². The summed E-state index contributed by atoms with van der Waals surface area (Å²) < 4.78 is 5.80. The molecule has 1 saturated heterocycles. The number of nitrogens with one attached hydrogen (secondary N) is 1. The molecule has 1 aromatic heterocycles. The lowest BCUT2D eigenvalue weighted by Crippen LogP contribution is -2.34. The first-order valence-electron chi connectivity index (χ1n) is 6.52. The molecule has 1 aliphatic rings. The average Bonchev–Trinajstić information content (AvgIpc) is 3.09. The van der Waals surface area contributed by atoms with Crippen molar-refractivity contribution in [3.05, 3.63) is 52.2 Å².